The summed E-state index contributed by atoms with van der Waals surface area (Å²) in [5.41, 5.74) is 4.60. The molecule has 88 valence electrons. The second-order valence-electron chi connectivity index (χ2n) is 4.68. The molecule has 4 N–H and O–H groups in total. The van der Waals surface area contributed by atoms with Crippen molar-refractivity contribution in [1.29, 1.82) is 0 Å². The summed E-state index contributed by atoms with van der Waals surface area (Å²) in [6, 6.07) is 1.64. The third-order valence-corrected chi connectivity index (χ3v) is 3.29. The van der Waals surface area contributed by atoms with E-state index in [0.717, 1.165) is 6.42 Å². The Labute approximate surface area is 94.3 Å². The highest BCUT2D eigenvalue weighted by Crippen LogP contribution is 2.36. The molecule has 1 aromatic heterocycles. The quantitative estimate of drug-likeness (QED) is 0.642. The lowest BCUT2D eigenvalue weighted by atomic mass is 9.77. The zero-order valence-corrected chi connectivity index (χ0v) is 9.30. The first kappa shape index (κ1) is 11.3. The van der Waals surface area contributed by atoms with E-state index < -0.39 is 11.7 Å². The van der Waals surface area contributed by atoms with Gasteiger partial charge in [-0.05, 0) is 32.3 Å². The molecule has 0 amide bonds. The van der Waals surface area contributed by atoms with Crippen molar-refractivity contribution in [2.24, 2.45) is 0 Å². The normalized spacial score (nSPS) is 34.9. The van der Waals surface area contributed by atoms with Crippen molar-refractivity contribution in [2.45, 2.75) is 43.8 Å². The standard InChI is InChI=1S/C11H17N3O2/c1-11(16)4-2-7(6-8(11)15)10-13-5-3-9(12)14-10/h3,5,7-8,15-16H,2,4,6H2,1H3,(H2,12,13,14)/t7?,8-,11+/m1/s1. The van der Waals surface area contributed by atoms with Gasteiger partial charge in [-0.3, -0.25) is 0 Å². The summed E-state index contributed by atoms with van der Waals surface area (Å²) >= 11 is 0. The van der Waals surface area contributed by atoms with Gasteiger partial charge >= 0.3 is 0 Å². The number of rotatable bonds is 1. The zero-order chi connectivity index (χ0) is 11.8. The second-order valence-corrected chi connectivity index (χ2v) is 4.68. The molecule has 1 aliphatic rings. The summed E-state index contributed by atoms with van der Waals surface area (Å²) in [6.07, 6.45) is 2.70. The molecular weight excluding hydrogens is 206 g/mol. The topological polar surface area (TPSA) is 92.3 Å². The predicted molar refractivity (Wildman–Crippen MR) is 59.7 cm³/mol. The van der Waals surface area contributed by atoms with Crippen LogP contribution < -0.4 is 5.73 Å². The van der Waals surface area contributed by atoms with Crippen molar-refractivity contribution in [3.05, 3.63) is 18.1 Å². The molecule has 1 unspecified atom stereocenters. The Bertz CT molecular complexity index is 381. The van der Waals surface area contributed by atoms with E-state index in [-0.39, 0.29) is 5.92 Å². The molecule has 3 atom stereocenters. The lowest BCUT2D eigenvalue weighted by Gasteiger charge is -2.37. The van der Waals surface area contributed by atoms with Gasteiger partial charge in [0.05, 0.1) is 11.7 Å². The molecule has 1 aliphatic carbocycles. The van der Waals surface area contributed by atoms with Gasteiger partial charge in [0.2, 0.25) is 0 Å². The Kier molecular flexibility index (Phi) is 2.82. The van der Waals surface area contributed by atoms with Gasteiger partial charge in [-0.1, -0.05) is 0 Å². The molecule has 0 radical (unpaired) electrons. The number of aromatic nitrogens is 2. The molecular formula is C11H17N3O2. The predicted octanol–water partition coefficient (Wildman–Crippen LogP) is 0.438. The van der Waals surface area contributed by atoms with E-state index in [1.165, 1.54) is 0 Å². The Morgan fingerprint density at radius 3 is 2.94 bits per heavy atom. The number of hydrogen-bond donors (Lipinski definition) is 3. The van der Waals surface area contributed by atoms with Crippen LogP contribution in [0.25, 0.3) is 0 Å². The second kappa shape index (κ2) is 3.99. The van der Waals surface area contributed by atoms with Crippen LogP contribution in [0.2, 0.25) is 0 Å². The van der Waals surface area contributed by atoms with Crippen molar-refractivity contribution in [3.63, 3.8) is 0 Å². The zero-order valence-electron chi connectivity index (χ0n) is 9.30. The molecule has 1 saturated carbocycles. The van der Waals surface area contributed by atoms with E-state index in [1.807, 2.05) is 0 Å². The average Bonchev–Trinajstić information content (AvgIpc) is 2.22. The minimum atomic E-state index is -0.989. The van der Waals surface area contributed by atoms with Crippen molar-refractivity contribution < 1.29 is 10.2 Å². The van der Waals surface area contributed by atoms with Gasteiger partial charge in [-0.2, -0.15) is 0 Å². The van der Waals surface area contributed by atoms with E-state index in [2.05, 4.69) is 9.97 Å². The minimum Gasteiger partial charge on any atom is -0.390 e. The van der Waals surface area contributed by atoms with Crippen molar-refractivity contribution in [1.82, 2.24) is 9.97 Å². The third-order valence-electron chi connectivity index (χ3n) is 3.29. The number of aliphatic hydroxyl groups excluding tert-OH is 1. The van der Waals surface area contributed by atoms with Crippen molar-refractivity contribution in [3.8, 4) is 0 Å². The lowest BCUT2D eigenvalue weighted by molar-refractivity contribution is -0.0917. The van der Waals surface area contributed by atoms with Gasteiger partial charge in [0, 0.05) is 12.1 Å². The first-order valence-electron chi connectivity index (χ1n) is 5.48. The molecule has 1 heterocycles. The van der Waals surface area contributed by atoms with Gasteiger partial charge in [-0.25, -0.2) is 9.97 Å². The monoisotopic (exact) mass is 223 g/mol. The van der Waals surface area contributed by atoms with E-state index in [1.54, 1.807) is 19.2 Å². The molecule has 16 heavy (non-hydrogen) atoms. The van der Waals surface area contributed by atoms with Gasteiger partial charge < -0.3 is 15.9 Å². The summed E-state index contributed by atoms with van der Waals surface area (Å²) in [6.45, 7) is 1.66. The number of nitrogen functional groups attached to an aromatic ring is 1. The molecule has 0 aromatic carbocycles. The van der Waals surface area contributed by atoms with Gasteiger partial charge in [-0.15, -0.1) is 0 Å². The molecule has 1 fully saturated rings. The van der Waals surface area contributed by atoms with Crippen LogP contribution in [0.1, 0.15) is 37.9 Å². The fraction of sp³-hybridized carbons (Fsp3) is 0.636. The molecule has 1 aromatic rings. The summed E-state index contributed by atoms with van der Waals surface area (Å²) in [5.74, 6) is 1.19. The summed E-state index contributed by atoms with van der Waals surface area (Å²) in [4.78, 5) is 8.31. The summed E-state index contributed by atoms with van der Waals surface area (Å²) < 4.78 is 0. The fourth-order valence-corrected chi connectivity index (χ4v) is 2.09. The average molecular weight is 223 g/mol. The number of aliphatic hydroxyl groups is 2. The lowest BCUT2D eigenvalue weighted by Crippen LogP contribution is -2.44. The molecule has 2 rings (SSSR count). The van der Waals surface area contributed by atoms with E-state index in [9.17, 15) is 10.2 Å². The van der Waals surface area contributed by atoms with E-state index in [0.29, 0.717) is 24.5 Å². The van der Waals surface area contributed by atoms with Gasteiger partial charge in [0.1, 0.15) is 11.6 Å². The molecule has 5 heteroatoms. The molecule has 0 saturated heterocycles. The molecule has 0 spiro atoms. The third kappa shape index (κ3) is 2.15. The molecule has 5 nitrogen and oxygen atoms in total. The highest BCUT2D eigenvalue weighted by molar-refractivity contribution is 5.26. The highest BCUT2D eigenvalue weighted by Gasteiger charge is 2.38. The van der Waals surface area contributed by atoms with Crippen LogP contribution in [-0.2, 0) is 0 Å². The van der Waals surface area contributed by atoms with Crippen LogP contribution in [0.3, 0.4) is 0 Å². The van der Waals surface area contributed by atoms with Crippen LogP contribution in [0.4, 0.5) is 5.82 Å². The van der Waals surface area contributed by atoms with Crippen molar-refractivity contribution in [2.75, 3.05) is 5.73 Å². The maximum absolute atomic E-state index is 9.85. The SMILES string of the molecule is C[C@]1(O)CCC(c2nccc(N)n2)C[C@H]1O. The first-order chi connectivity index (χ1) is 7.49. The maximum Gasteiger partial charge on any atom is 0.133 e. The first-order valence-corrected chi connectivity index (χ1v) is 5.48. The van der Waals surface area contributed by atoms with E-state index in [4.69, 9.17) is 5.73 Å². The Hall–Kier alpha value is -1.20. The largest absolute Gasteiger partial charge is 0.390 e. The van der Waals surface area contributed by atoms with Crippen LogP contribution in [-0.4, -0.2) is 31.9 Å². The van der Waals surface area contributed by atoms with Crippen molar-refractivity contribution >= 4 is 5.82 Å². The Morgan fingerprint density at radius 2 is 2.31 bits per heavy atom. The van der Waals surface area contributed by atoms with Crippen LogP contribution in [0, 0.1) is 0 Å². The number of nitrogens with two attached hydrogens (primary N) is 1. The summed E-state index contributed by atoms with van der Waals surface area (Å²) in [5, 5.41) is 19.6. The molecule has 0 aliphatic heterocycles. The molecule has 0 bridgehead atoms. The van der Waals surface area contributed by atoms with Crippen LogP contribution >= 0.6 is 0 Å². The highest BCUT2D eigenvalue weighted by atomic mass is 16.3. The fourth-order valence-electron chi connectivity index (χ4n) is 2.09. The van der Waals surface area contributed by atoms with Gasteiger partial charge in [0.15, 0.2) is 0 Å². The van der Waals surface area contributed by atoms with Crippen LogP contribution in [0.15, 0.2) is 12.3 Å². The van der Waals surface area contributed by atoms with Gasteiger partial charge in [0.25, 0.3) is 0 Å². The number of anilines is 1. The maximum atomic E-state index is 9.85. The summed E-state index contributed by atoms with van der Waals surface area (Å²) in [7, 11) is 0. The number of nitrogens with zero attached hydrogens (tertiary/aromatic N) is 2. The Balaban J connectivity index is 2.14. The van der Waals surface area contributed by atoms with Crippen LogP contribution in [0.5, 0.6) is 0 Å². The smallest absolute Gasteiger partial charge is 0.133 e. The number of hydrogen-bond acceptors (Lipinski definition) is 5. The Morgan fingerprint density at radius 1 is 1.56 bits per heavy atom. The van der Waals surface area contributed by atoms with E-state index >= 15 is 0 Å². The minimum absolute atomic E-state index is 0.0822.